The van der Waals surface area contributed by atoms with Gasteiger partial charge in [0.1, 0.15) is 11.7 Å². The van der Waals surface area contributed by atoms with Crippen molar-refractivity contribution < 1.29 is 14.3 Å². The van der Waals surface area contributed by atoms with E-state index in [-0.39, 0.29) is 6.42 Å². The van der Waals surface area contributed by atoms with E-state index in [1.54, 1.807) is 18.2 Å². The van der Waals surface area contributed by atoms with Crippen molar-refractivity contribution in [2.45, 2.75) is 12.3 Å². The van der Waals surface area contributed by atoms with Crippen LogP contribution in [0.4, 0.5) is 4.39 Å². The van der Waals surface area contributed by atoms with Gasteiger partial charge in [0.05, 0.1) is 10.7 Å². The lowest BCUT2D eigenvalue weighted by atomic mass is 9.96. The molecule has 3 nitrogen and oxygen atoms in total. The second-order valence-corrected chi connectivity index (χ2v) is 5.54. The maximum Gasteiger partial charge on any atom is 0.312 e. The zero-order valence-corrected chi connectivity index (χ0v) is 12.5. The maximum atomic E-state index is 13.2. The van der Waals surface area contributed by atoms with Crippen molar-refractivity contribution in [3.63, 3.8) is 0 Å². The summed E-state index contributed by atoms with van der Waals surface area (Å²) in [5, 5.41) is 9.78. The normalized spacial score (nSPS) is 12.2. The quantitative estimate of drug-likeness (QED) is 0.897. The first-order valence-corrected chi connectivity index (χ1v) is 6.92. The fourth-order valence-corrected chi connectivity index (χ4v) is 2.80. The largest absolute Gasteiger partial charge is 0.481 e. The molecule has 2 aromatic rings. The zero-order valence-electron chi connectivity index (χ0n) is 10.2. The lowest BCUT2D eigenvalue weighted by Gasteiger charge is -2.13. The molecule has 0 aliphatic carbocycles. The van der Waals surface area contributed by atoms with Gasteiger partial charge in [-0.1, -0.05) is 23.7 Å². The topological polar surface area (TPSA) is 50.2 Å². The van der Waals surface area contributed by atoms with E-state index in [2.05, 4.69) is 20.9 Å². The molecule has 104 valence electrons. The van der Waals surface area contributed by atoms with E-state index in [0.29, 0.717) is 20.8 Å². The average molecular weight is 359 g/mol. The van der Waals surface area contributed by atoms with Crippen molar-refractivity contribution in [1.82, 2.24) is 4.98 Å². The molecule has 0 radical (unpaired) electrons. The highest BCUT2D eigenvalue weighted by Crippen LogP contribution is 2.28. The number of halogens is 3. The predicted molar refractivity (Wildman–Crippen MR) is 77.4 cm³/mol. The molecule has 1 N–H and O–H groups in total. The predicted octanol–water partition coefficient (Wildman–Crippen LogP) is 4.05. The third kappa shape index (κ3) is 3.55. The molecule has 0 amide bonds. The number of nitrogens with zero attached hydrogens (tertiary/aromatic N) is 1. The van der Waals surface area contributed by atoms with Crippen LogP contribution in [-0.4, -0.2) is 16.1 Å². The van der Waals surface area contributed by atoms with Gasteiger partial charge < -0.3 is 5.11 Å². The number of aliphatic carboxylic acids is 1. The summed E-state index contributed by atoms with van der Waals surface area (Å²) in [6.07, 6.45) is 1.55. The lowest BCUT2D eigenvalue weighted by Crippen LogP contribution is -2.16. The van der Waals surface area contributed by atoms with Gasteiger partial charge in [0.15, 0.2) is 0 Å². The Morgan fingerprint density at radius 2 is 2.20 bits per heavy atom. The second-order valence-electron chi connectivity index (χ2n) is 4.25. The van der Waals surface area contributed by atoms with Crippen molar-refractivity contribution in [3.05, 3.63) is 63.1 Å². The van der Waals surface area contributed by atoms with Gasteiger partial charge in [0, 0.05) is 10.7 Å². The molecule has 1 aromatic carbocycles. The van der Waals surface area contributed by atoms with E-state index in [1.165, 1.54) is 18.3 Å². The van der Waals surface area contributed by atoms with E-state index < -0.39 is 17.7 Å². The van der Waals surface area contributed by atoms with Crippen LogP contribution in [0, 0.1) is 5.82 Å². The molecule has 0 fully saturated rings. The number of benzene rings is 1. The van der Waals surface area contributed by atoms with Gasteiger partial charge in [-0.15, -0.1) is 0 Å². The molecule has 0 saturated carbocycles. The number of carboxylic acid groups (broad SMARTS) is 1. The molecule has 2 rings (SSSR count). The van der Waals surface area contributed by atoms with Crippen molar-refractivity contribution in [1.29, 1.82) is 0 Å². The summed E-state index contributed by atoms with van der Waals surface area (Å²) < 4.78 is 13.7. The summed E-state index contributed by atoms with van der Waals surface area (Å²) in [5.41, 5.74) is 0.965. The van der Waals surface area contributed by atoms with E-state index in [4.69, 9.17) is 11.6 Å². The summed E-state index contributed by atoms with van der Waals surface area (Å²) in [6, 6.07) is 7.46. The molecule has 0 bridgehead atoms. The summed E-state index contributed by atoms with van der Waals surface area (Å²) in [5.74, 6) is -2.29. The van der Waals surface area contributed by atoms with E-state index in [9.17, 15) is 14.3 Å². The molecule has 1 heterocycles. The summed E-state index contributed by atoms with van der Waals surface area (Å²) >= 11 is 9.05. The number of aromatic nitrogens is 1. The van der Waals surface area contributed by atoms with Crippen LogP contribution in [0.2, 0.25) is 5.02 Å². The number of carboxylic acids is 1. The lowest BCUT2D eigenvalue weighted by molar-refractivity contribution is -0.138. The van der Waals surface area contributed by atoms with Crippen LogP contribution >= 0.6 is 27.5 Å². The van der Waals surface area contributed by atoms with E-state index in [0.717, 1.165) is 0 Å². The molecule has 0 aliphatic rings. The summed E-state index contributed by atoms with van der Waals surface area (Å²) in [7, 11) is 0. The van der Waals surface area contributed by atoms with Crippen molar-refractivity contribution in [2.24, 2.45) is 0 Å². The second kappa shape index (κ2) is 6.33. The van der Waals surface area contributed by atoms with Crippen LogP contribution in [0.1, 0.15) is 17.2 Å². The Hall–Kier alpha value is -1.46. The minimum Gasteiger partial charge on any atom is -0.481 e. The number of hydrogen-bond donors (Lipinski definition) is 1. The number of carbonyl (C=O) groups is 1. The van der Waals surface area contributed by atoms with Crippen molar-refractivity contribution in [3.8, 4) is 0 Å². The molecular formula is C14H10BrClFNO2. The van der Waals surface area contributed by atoms with Crippen molar-refractivity contribution in [2.75, 3.05) is 0 Å². The molecule has 20 heavy (non-hydrogen) atoms. The Kier molecular flexibility index (Phi) is 4.73. The van der Waals surface area contributed by atoms with Gasteiger partial charge in [-0.2, -0.15) is 0 Å². The Bertz CT molecular complexity index is 651. The van der Waals surface area contributed by atoms with Crippen LogP contribution in [0.3, 0.4) is 0 Å². The molecule has 1 atom stereocenters. The molecule has 0 saturated heterocycles. The molecule has 1 unspecified atom stereocenters. The Labute approximate surface area is 128 Å². The fourth-order valence-electron chi connectivity index (χ4n) is 1.88. The molecule has 1 aromatic heterocycles. The van der Waals surface area contributed by atoms with Crippen LogP contribution in [0.25, 0.3) is 0 Å². The van der Waals surface area contributed by atoms with E-state index in [1.807, 2.05) is 0 Å². The molecule has 0 aliphatic heterocycles. The van der Waals surface area contributed by atoms with Gasteiger partial charge in [-0.05, 0) is 46.1 Å². The highest BCUT2D eigenvalue weighted by atomic mass is 79.9. The number of pyridine rings is 1. The van der Waals surface area contributed by atoms with Gasteiger partial charge in [0.25, 0.3) is 0 Å². The average Bonchev–Trinajstić information content (AvgIpc) is 2.36. The summed E-state index contributed by atoms with van der Waals surface area (Å²) in [4.78, 5) is 15.5. The summed E-state index contributed by atoms with van der Waals surface area (Å²) in [6.45, 7) is 0. The van der Waals surface area contributed by atoms with Gasteiger partial charge in [0.2, 0.25) is 0 Å². The zero-order chi connectivity index (χ0) is 14.7. The number of rotatable bonds is 4. The molecule has 6 heteroatoms. The van der Waals surface area contributed by atoms with Crippen LogP contribution < -0.4 is 0 Å². The first-order chi connectivity index (χ1) is 9.47. The third-order valence-electron chi connectivity index (χ3n) is 2.79. The highest BCUT2D eigenvalue weighted by molar-refractivity contribution is 9.10. The Balaban J connectivity index is 2.34. The minimum atomic E-state index is -1.02. The third-order valence-corrected chi connectivity index (χ3v) is 3.64. The van der Waals surface area contributed by atoms with Crippen LogP contribution in [0.5, 0.6) is 0 Å². The Morgan fingerprint density at radius 1 is 1.45 bits per heavy atom. The smallest absolute Gasteiger partial charge is 0.312 e. The minimum absolute atomic E-state index is 0.153. The molecule has 0 spiro atoms. The van der Waals surface area contributed by atoms with Crippen LogP contribution in [-0.2, 0) is 11.2 Å². The van der Waals surface area contributed by atoms with Gasteiger partial charge in [-0.3, -0.25) is 9.78 Å². The maximum absolute atomic E-state index is 13.2. The first kappa shape index (κ1) is 14.9. The monoisotopic (exact) mass is 357 g/mol. The van der Waals surface area contributed by atoms with Gasteiger partial charge >= 0.3 is 5.97 Å². The fraction of sp³-hybridized carbons (Fsp3) is 0.143. The van der Waals surface area contributed by atoms with E-state index >= 15 is 0 Å². The SMILES string of the molecule is O=C(O)C(Cc1cccc(F)c1)c1ncc(Cl)cc1Br. The van der Waals surface area contributed by atoms with Crippen molar-refractivity contribution >= 4 is 33.5 Å². The number of hydrogen-bond acceptors (Lipinski definition) is 2. The molecular weight excluding hydrogens is 349 g/mol. The first-order valence-electron chi connectivity index (χ1n) is 5.75. The van der Waals surface area contributed by atoms with Gasteiger partial charge in [-0.25, -0.2) is 4.39 Å². The highest BCUT2D eigenvalue weighted by Gasteiger charge is 2.24. The standard InChI is InChI=1S/C14H10BrClFNO2/c15-12-6-9(16)7-18-13(12)11(14(19)20)5-8-2-1-3-10(17)4-8/h1-4,6-7,11H,5H2,(H,19,20). The van der Waals surface area contributed by atoms with Crippen LogP contribution in [0.15, 0.2) is 41.0 Å². The Morgan fingerprint density at radius 3 is 2.80 bits per heavy atom.